The summed E-state index contributed by atoms with van der Waals surface area (Å²) in [7, 11) is 0. The van der Waals surface area contributed by atoms with Crippen molar-refractivity contribution in [3.63, 3.8) is 0 Å². The number of hydrogen-bond acceptors (Lipinski definition) is 3. The minimum Gasteiger partial charge on any atom is -0.491 e. The molecule has 0 aliphatic carbocycles. The summed E-state index contributed by atoms with van der Waals surface area (Å²) >= 11 is 0. The van der Waals surface area contributed by atoms with Gasteiger partial charge in [0.2, 0.25) is 0 Å². The molecule has 3 rings (SSSR count). The van der Waals surface area contributed by atoms with Gasteiger partial charge in [-0.25, -0.2) is 0 Å². The number of fused-ring (bicyclic) bond motifs is 1. The molecule has 0 saturated heterocycles. The third-order valence-corrected chi connectivity index (χ3v) is 3.68. The zero-order chi connectivity index (χ0) is 13.8. The smallest absolute Gasteiger partial charge is 0.142 e. The lowest BCUT2D eigenvalue weighted by molar-refractivity contribution is 0.322. The van der Waals surface area contributed by atoms with Crippen LogP contribution < -0.4 is 15.4 Å². The highest BCUT2D eigenvalue weighted by atomic mass is 16.5. The maximum atomic E-state index is 6.35. The van der Waals surface area contributed by atoms with E-state index in [2.05, 4.69) is 29.2 Å². The van der Waals surface area contributed by atoms with Crippen molar-refractivity contribution in [3.8, 4) is 5.75 Å². The largest absolute Gasteiger partial charge is 0.491 e. The molecule has 20 heavy (non-hydrogen) atoms. The Kier molecular flexibility index (Phi) is 3.88. The van der Waals surface area contributed by atoms with Gasteiger partial charge in [-0.15, -0.1) is 0 Å². The first kappa shape index (κ1) is 13.0. The van der Waals surface area contributed by atoms with Gasteiger partial charge in [-0.05, 0) is 24.1 Å². The van der Waals surface area contributed by atoms with Crippen LogP contribution in [0.1, 0.15) is 18.0 Å². The highest BCUT2D eigenvalue weighted by molar-refractivity contribution is 5.59. The Bertz CT molecular complexity index is 556. The van der Waals surface area contributed by atoms with Gasteiger partial charge in [0.05, 0.1) is 12.3 Å². The molecule has 1 aliphatic heterocycles. The Balaban J connectivity index is 1.80. The molecule has 1 aliphatic rings. The number of hydrogen-bond donors (Lipinski definition) is 1. The summed E-state index contributed by atoms with van der Waals surface area (Å²) in [6.07, 6.45) is 1.02. The van der Waals surface area contributed by atoms with E-state index in [9.17, 15) is 0 Å². The Morgan fingerprint density at radius 2 is 1.80 bits per heavy atom. The van der Waals surface area contributed by atoms with Crippen molar-refractivity contribution in [2.24, 2.45) is 5.73 Å². The molecule has 0 radical (unpaired) electrons. The first-order chi connectivity index (χ1) is 9.84. The minimum atomic E-state index is 0.0161. The zero-order valence-corrected chi connectivity index (χ0v) is 11.5. The van der Waals surface area contributed by atoms with Crippen molar-refractivity contribution in [2.45, 2.75) is 12.5 Å². The van der Waals surface area contributed by atoms with E-state index >= 15 is 0 Å². The summed E-state index contributed by atoms with van der Waals surface area (Å²) in [5, 5.41) is 0. The van der Waals surface area contributed by atoms with Gasteiger partial charge in [0.1, 0.15) is 5.75 Å². The summed E-state index contributed by atoms with van der Waals surface area (Å²) < 4.78 is 5.78. The van der Waals surface area contributed by atoms with E-state index in [1.54, 1.807) is 0 Å². The number of ether oxygens (including phenoxy) is 1. The van der Waals surface area contributed by atoms with Crippen LogP contribution in [0.2, 0.25) is 0 Å². The van der Waals surface area contributed by atoms with E-state index in [0.29, 0.717) is 0 Å². The number of nitrogens with two attached hydrogens (primary N) is 1. The fourth-order valence-electron chi connectivity index (χ4n) is 2.63. The first-order valence-electron chi connectivity index (χ1n) is 7.12. The molecular formula is C17H20N2O. The summed E-state index contributed by atoms with van der Waals surface area (Å²) in [5.74, 6) is 0.963. The molecule has 3 heteroatoms. The Hall–Kier alpha value is -2.00. The van der Waals surface area contributed by atoms with E-state index in [-0.39, 0.29) is 6.04 Å². The Morgan fingerprint density at radius 3 is 2.65 bits per heavy atom. The molecule has 2 aromatic carbocycles. The molecule has 2 aromatic rings. The first-order valence-corrected chi connectivity index (χ1v) is 7.12. The molecule has 2 N–H and O–H groups in total. The van der Waals surface area contributed by atoms with Crippen LogP contribution in [0.5, 0.6) is 5.75 Å². The van der Waals surface area contributed by atoms with Crippen LogP contribution >= 0.6 is 0 Å². The van der Waals surface area contributed by atoms with E-state index in [1.165, 1.54) is 5.56 Å². The molecule has 104 valence electrons. The predicted molar refractivity (Wildman–Crippen MR) is 82.1 cm³/mol. The number of nitrogens with zero attached hydrogens (tertiary/aromatic N) is 1. The molecule has 1 heterocycles. The summed E-state index contributed by atoms with van der Waals surface area (Å²) in [5.41, 5.74) is 8.68. The second-order valence-electron chi connectivity index (χ2n) is 5.13. The topological polar surface area (TPSA) is 38.5 Å². The highest BCUT2D eigenvalue weighted by Gasteiger charge is 2.18. The lowest BCUT2D eigenvalue weighted by Gasteiger charge is -2.27. The molecule has 0 saturated carbocycles. The van der Waals surface area contributed by atoms with Gasteiger partial charge in [-0.2, -0.15) is 0 Å². The van der Waals surface area contributed by atoms with Gasteiger partial charge in [0.15, 0.2) is 0 Å². The average molecular weight is 268 g/mol. The predicted octanol–water partition coefficient (Wildman–Crippen LogP) is 2.98. The second kappa shape index (κ2) is 5.97. The SMILES string of the molecule is NC(CN1CCCOc2ccccc21)c1ccccc1. The molecule has 0 spiro atoms. The maximum Gasteiger partial charge on any atom is 0.142 e. The van der Waals surface area contributed by atoms with Crippen LogP contribution in [0, 0.1) is 0 Å². The summed E-state index contributed by atoms with van der Waals surface area (Å²) in [6.45, 7) is 2.57. The molecule has 1 unspecified atom stereocenters. The minimum absolute atomic E-state index is 0.0161. The third kappa shape index (κ3) is 2.78. The number of rotatable bonds is 3. The Labute approximate surface area is 120 Å². The van der Waals surface area contributed by atoms with Crippen molar-refractivity contribution in [3.05, 3.63) is 60.2 Å². The van der Waals surface area contributed by atoms with Gasteiger partial charge in [0, 0.05) is 19.1 Å². The third-order valence-electron chi connectivity index (χ3n) is 3.68. The van der Waals surface area contributed by atoms with Gasteiger partial charge >= 0.3 is 0 Å². The van der Waals surface area contributed by atoms with Gasteiger partial charge in [-0.1, -0.05) is 42.5 Å². The normalized spacial score (nSPS) is 15.9. The number of benzene rings is 2. The molecule has 0 amide bonds. The van der Waals surface area contributed by atoms with Crippen molar-refractivity contribution in [1.82, 2.24) is 0 Å². The van der Waals surface area contributed by atoms with Crippen molar-refractivity contribution in [1.29, 1.82) is 0 Å². The molecule has 1 atom stereocenters. The highest BCUT2D eigenvalue weighted by Crippen LogP contribution is 2.31. The lowest BCUT2D eigenvalue weighted by Crippen LogP contribution is -2.32. The molecule has 0 aromatic heterocycles. The molecule has 0 fully saturated rings. The van der Waals surface area contributed by atoms with Gasteiger partial charge < -0.3 is 15.4 Å². The van der Waals surface area contributed by atoms with Crippen LogP contribution in [0.15, 0.2) is 54.6 Å². The van der Waals surface area contributed by atoms with Gasteiger partial charge in [0.25, 0.3) is 0 Å². The molecular weight excluding hydrogens is 248 g/mol. The maximum absolute atomic E-state index is 6.35. The number of para-hydroxylation sites is 2. The van der Waals surface area contributed by atoms with E-state index < -0.39 is 0 Å². The fraction of sp³-hybridized carbons (Fsp3) is 0.294. The summed E-state index contributed by atoms with van der Waals surface area (Å²) in [6, 6.07) is 18.5. The quantitative estimate of drug-likeness (QED) is 0.930. The van der Waals surface area contributed by atoms with Crippen LogP contribution in [-0.2, 0) is 0 Å². The van der Waals surface area contributed by atoms with E-state index in [0.717, 1.165) is 37.6 Å². The lowest BCUT2D eigenvalue weighted by atomic mass is 10.1. The zero-order valence-electron chi connectivity index (χ0n) is 11.5. The van der Waals surface area contributed by atoms with Crippen LogP contribution in [0.3, 0.4) is 0 Å². The van der Waals surface area contributed by atoms with Crippen LogP contribution in [0.4, 0.5) is 5.69 Å². The monoisotopic (exact) mass is 268 g/mol. The van der Waals surface area contributed by atoms with E-state index in [4.69, 9.17) is 10.5 Å². The molecule has 3 nitrogen and oxygen atoms in total. The van der Waals surface area contributed by atoms with Gasteiger partial charge in [-0.3, -0.25) is 0 Å². The van der Waals surface area contributed by atoms with E-state index in [1.807, 2.05) is 30.3 Å². The standard InChI is InChI=1S/C17H20N2O/c18-15(14-7-2-1-3-8-14)13-19-11-6-12-20-17-10-5-4-9-16(17)19/h1-5,7-10,15H,6,11-13,18H2. The molecule has 0 bridgehead atoms. The van der Waals surface area contributed by atoms with Crippen LogP contribution in [0.25, 0.3) is 0 Å². The van der Waals surface area contributed by atoms with Crippen molar-refractivity contribution >= 4 is 5.69 Å². The average Bonchev–Trinajstić information content (AvgIpc) is 2.71. The Morgan fingerprint density at radius 1 is 1.05 bits per heavy atom. The van der Waals surface area contributed by atoms with Crippen LogP contribution in [-0.4, -0.2) is 19.7 Å². The van der Waals surface area contributed by atoms with Crippen molar-refractivity contribution in [2.75, 3.05) is 24.6 Å². The fourth-order valence-corrected chi connectivity index (χ4v) is 2.63. The second-order valence-corrected chi connectivity index (χ2v) is 5.13. The number of anilines is 1. The summed E-state index contributed by atoms with van der Waals surface area (Å²) in [4.78, 5) is 2.33. The van der Waals surface area contributed by atoms with Crippen molar-refractivity contribution < 1.29 is 4.74 Å².